The van der Waals surface area contributed by atoms with Crippen molar-refractivity contribution in [2.75, 3.05) is 0 Å². The van der Waals surface area contributed by atoms with Gasteiger partial charge in [-0.1, -0.05) is 0 Å². The molecule has 0 saturated heterocycles. The Labute approximate surface area is 61.8 Å². The van der Waals surface area contributed by atoms with Crippen molar-refractivity contribution >= 4 is 37.3 Å². The summed E-state index contributed by atoms with van der Waals surface area (Å²) in [7, 11) is 0. The van der Waals surface area contributed by atoms with Gasteiger partial charge in [0.25, 0.3) is 4.20 Å². The molecule has 0 rings (SSSR count). The summed E-state index contributed by atoms with van der Waals surface area (Å²) in [6.07, 6.45) is 1.03. The van der Waals surface area contributed by atoms with Crippen LogP contribution in [0.2, 0.25) is 0 Å². The minimum absolute atomic E-state index is 1.03. The van der Waals surface area contributed by atoms with Crippen molar-refractivity contribution in [2.24, 2.45) is 4.99 Å². The van der Waals surface area contributed by atoms with E-state index >= 15 is 0 Å². The maximum Gasteiger partial charge on any atom is 0.353 e. The highest BCUT2D eigenvalue weighted by Crippen LogP contribution is 2.19. The molecule has 0 fully saturated rings. The second-order valence-corrected chi connectivity index (χ2v) is 2.79. The summed E-state index contributed by atoms with van der Waals surface area (Å²) in [5, 5.41) is 8.15. The fraction of sp³-hybridized carbons (Fsp3) is 0.333. The first-order chi connectivity index (χ1) is 4.00. The van der Waals surface area contributed by atoms with Gasteiger partial charge in [0.15, 0.2) is 0 Å². The minimum atomic E-state index is -1.94. The van der Waals surface area contributed by atoms with Gasteiger partial charge >= 0.3 is 5.97 Å². The van der Waals surface area contributed by atoms with Gasteiger partial charge in [0, 0.05) is 0 Å². The Morgan fingerprint density at radius 2 is 2.11 bits per heavy atom. The van der Waals surface area contributed by atoms with E-state index in [0.29, 0.717) is 0 Å². The van der Waals surface area contributed by atoms with E-state index in [0.717, 1.165) is 6.08 Å². The Kier molecular flexibility index (Phi) is 2.76. The summed E-state index contributed by atoms with van der Waals surface area (Å²) >= 11 is 6.79. The number of carbonyl (C=O) groups excluding carboxylic acids is 1. The molecule has 50 valence electrons. The van der Waals surface area contributed by atoms with Crippen molar-refractivity contribution in [3.8, 4) is 0 Å². The number of thiol groups is 2. The number of carboxylic acids is 1. The van der Waals surface area contributed by atoms with E-state index in [1.165, 1.54) is 0 Å². The number of aliphatic carboxylic acids is 1. The van der Waals surface area contributed by atoms with Crippen LogP contribution in [0.3, 0.4) is 0 Å². The zero-order valence-electron chi connectivity index (χ0n) is 4.11. The monoisotopic (exact) mass is 165 g/mol. The van der Waals surface area contributed by atoms with Gasteiger partial charge in [0.05, 0.1) is 0 Å². The lowest BCUT2D eigenvalue weighted by atomic mass is 10.7. The number of hydrogen-bond donors (Lipinski definition) is 3. The van der Waals surface area contributed by atoms with Crippen LogP contribution in [0.4, 0.5) is 0 Å². The second kappa shape index (κ2) is 2.91. The summed E-state index contributed by atoms with van der Waals surface area (Å²) < 4.78 is -1.94. The molecule has 0 aromatic rings. The summed E-state index contributed by atoms with van der Waals surface area (Å²) in [6, 6.07) is 0. The van der Waals surface area contributed by atoms with Crippen LogP contribution in [0, 0.1) is 0 Å². The first-order valence-corrected chi connectivity index (χ1v) is 2.67. The van der Waals surface area contributed by atoms with Crippen molar-refractivity contribution in [1.29, 1.82) is 0 Å². The molecule has 0 unspecified atom stereocenters. The van der Waals surface area contributed by atoms with Gasteiger partial charge in [-0.25, -0.2) is 9.59 Å². The number of isocyanates is 1. The molecule has 0 saturated carbocycles. The van der Waals surface area contributed by atoms with Gasteiger partial charge in [-0.2, -0.15) is 4.99 Å². The maximum atomic E-state index is 9.99. The van der Waals surface area contributed by atoms with Crippen molar-refractivity contribution in [3.63, 3.8) is 0 Å². The SMILES string of the molecule is O=C=NC(S)(S)C(=O)O. The fourth-order valence-corrected chi connectivity index (χ4v) is 0.193. The predicted molar refractivity (Wildman–Crippen MR) is 36.5 cm³/mol. The third-order valence-electron chi connectivity index (χ3n) is 0.488. The van der Waals surface area contributed by atoms with Gasteiger partial charge in [-0.05, 0) is 0 Å². The average Bonchev–Trinajstić information content (AvgIpc) is 1.65. The van der Waals surface area contributed by atoms with E-state index < -0.39 is 10.2 Å². The van der Waals surface area contributed by atoms with E-state index in [4.69, 9.17) is 5.11 Å². The van der Waals surface area contributed by atoms with Gasteiger partial charge in [0.2, 0.25) is 6.08 Å². The average molecular weight is 165 g/mol. The van der Waals surface area contributed by atoms with Crippen LogP contribution < -0.4 is 0 Å². The summed E-state index contributed by atoms with van der Waals surface area (Å²) in [5.41, 5.74) is 0. The van der Waals surface area contributed by atoms with E-state index in [1.54, 1.807) is 0 Å². The van der Waals surface area contributed by atoms with Crippen LogP contribution in [0.25, 0.3) is 0 Å². The number of aliphatic imine (C=N–C) groups is 1. The third kappa shape index (κ3) is 2.55. The molecule has 0 spiro atoms. The molecule has 0 amide bonds. The van der Waals surface area contributed by atoms with Crippen molar-refractivity contribution in [3.05, 3.63) is 0 Å². The summed E-state index contributed by atoms with van der Waals surface area (Å²) in [4.78, 5) is 22.2. The van der Waals surface area contributed by atoms with Crippen molar-refractivity contribution in [2.45, 2.75) is 4.20 Å². The number of nitrogens with zero attached hydrogens (tertiary/aromatic N) is 1. The molecular formula is C3H3NO3S2. The second-order valence-electron chi connectivity index (χ2n) is 1.14. The molecule has 6 heteroatoms. The van der Waals surface area contributed by atoms with Crippen LogP contribution in [-0.2, 0) is 9.59 Å². The summed E-state index contributed by atoms with van der Waals surface area (Å²) in [5.74, 6) is -1.41. The Morgan fingerprint density at radius 1 is 1.67 bits per heavy atom. The Bertz CT molecular complexity index is 168. The fourth-order valence-electron chi connectivity index (χ4n) is 0.111. The molecule has 0 aromatic carbocycles. The highest BCUT2D eigenvalue weighted by Gasteiger charge is 2.28. The molecule has 0 aromatic heterocycles. The number of rotatable bonds is 2. The number of carbonyl (C=O) groups is 1. The molecule has 0 aliphatic heterocycles. The smallest absolute Gasteiger partial charge is 0.353 e. The third-order valence-corrected chi connectivity index (χ3v) is 1.07. The molecule has 0 aliphatic rings. The van der Waals surface area contributed by atoms with Gasteiger partial charge in [0.1, 0.15) is 0 Å². The van der Waals surface area contributed by atoms with Crippen LogP contribution >= 0.6 is 25.3 Å². The maximum absolute atomic E-state index is 9.99. The Morgan fingerprint density at radius 3 is 2.22 bits per heavy atom. The zero-order chi connectivity index (χ0) is 7.49. The lowest BCUT2D eigenvalue weighted by Crippen LogP contribution is -2.22. The predicted octanol–water partition coefficient (Wildman–Crippen LogP) is -0.0798. The molecule has 0 aliphatic carbocycles. The molecule has 4 nitrogen and oxygen atoms in total. The quantitative estimate of drug-likeness (QED) is 0.232. The first-order valence-electron chi connectivity index (χ1n) is 1.78. The molecule has 9 heavy (non-hydrogen) atoms. The van der Waals surface area contributed by atoms with Gasteiger partial charge < -0.3 is 5.11 Å². The molecular weight excluding hydrogens is 162 g/mol. The van der Waals surface area contributed by atoms with Crippen LogP contribution in [0.5, 0.6) is 0 Å². The molecule has 0 heterocycles. The standard InChI is InChI=1S/C3H3NO3S2/c5-1-4-3(8,9)2(6)7/h8-9H,(H,6,7). The van der Waals surface area contributed by atoms with Crippen LogP contribution in [-0.4, -0.2) is 21.4 Å². The lowest BCUT2D eigenvalue weighted by Gasteiger charge is -2.06. The number of hydrogen-bond acceptors (Lipinski definition) is 5. The molecule has 0 atom stereocenters. The topological polar surface area (TPSA) is 66.7 Å². The molecule has 0 bridgehead atoms. The van der Waals surface area contributed by atoms with E-state index in [2.05, 4.69) is 30.2 Å². The Balaban J connectivity index is 4.37. The lowest BCUT2D eigenvalue weighted by molar-refractivity contribution is -0.137. The largest absolute Gasteiger partial charge is 0.478 e. The highest BCUT2D eigenvalue weighted by atomic mass is 32.2. The highest BCUT2D eigenvalue weighted by molar-refractivity contribution is 8.01. The van der Waals surface area contributed by atoms with E-state index in [1.807, 2.05) is 0 Å². The van der Waals surface area contributed by atoms with Gasteiger partial charge in [-0.3, -0.25) is 0 Å². The zero-order valence-corrected chi connectivity index (χ0v) is 5.89. The van der Waals surface area contributed by atoms with Crippen molar-refractivity contribution < 1.29 is 14.7 Å². The van der Waals surface area contributed by atoms with Crippen LogP contribution in [0.1, 0.15) is 0 Å². The van der Waals surface area contributed by atoms with Gasteiger partial charge in [-0.15, -0.1) is 25.3 Å². The molecule has 0 radical (unpaired) electrons. The summed E-state index contributed by atoms with van der Waals surface area (Å²) in [6.45, 7) is 0. The first kappa shape index (κ1) is 8.55. The number of carboxylic acid groups (broad SMARTS) is 1. The molecule has 1 N–H and O–H groups in total. The van der Waals surface area contributed by atoms with Crippen LogP contribution in [0.15, 0.2) is 4.99 Å². The van der Waals surface area contributed by atoms with E-state index in [-0.39, 0.29) is 0 Å². The minimum Gasteiger partial charge on any atom is -0.478 e. The normalized spacial score (nSPS) is 10.0. The van der Waals surface area contributed by atoms with Crippen molar-refractivity contribution in [1.82, 2.24) is 0 Å². The Hall–Kier alpha value is -0.450. The van der Waals surface area contributed by atoms with E-state index in [9.17, 15) is 9.59 Å².